The molecule has 0 saturated heterocycles. The van der Waals surface area contributed by atoms with Gasteiger partial charge in [-0.3, -0.25) is 0 Å². The number of hydrogen-bond donors (Lipinski definition) is 0. The maximum absolute atomic E-state index is 14.1. The van der Waals surface area contributed by atoms with Gasteiger partial charge in [0.2, 0.25) is 0 Å². The Morgan fingerprint density at radius 2 is 1.70 bits per heavy atom. The van der Waals surface area contributed by atoms with Crippen molar-refractivity contribution in [3.8, 4) is 12.3 Å². The highest BCUT2D eigenvalue weighted by Crippen LogP contribution is 2.32. The molecule has 0 fully saturated rings. The van der Waals surface area contributed by atoms with E-state index in [1.54, 1.807) is 0 Å². The molecule has 0 bridgehead atoms. The van der Waals surface area contributed by atoms with Crippen molar-refractivity contribution in [2.75, 3.05) is 13.2 Å². The number of rotatable bonds is 9. The Hall–Kier alpha value is -0.160. The third-order valence-corrected chi connectivity index (χ3v) is 4.20. The normalized spacial score (nSPS) is 16.0. The lowest BCUT2D eigenvalue weighted by molar-refractivity contribution is -0.0902. The minimum atomic E-state index is -1.39. The second-order valence-corrected chi connectivity index (χ2v) is 7.83. The molecule has 4 heteroatoms. The molecule has 0 aliphatic carbocycles. The zero-order valence-electron chi connectivity index (χ0n) is 13.8. The van der Waals surface area contributed by atoms with Crippen LogP contribution < -0.4 is 0 Å². The van der Waals surface area contributed by atoms with Crippen molar-refractivity contribution in [3.05, 3.63) is 0 Å². The van der Waals surface area contributed by atoms with Gasteiger partial charge < -0.3 is 9.47 Å². The Labute approximate surface area is 126 Å². The number of terminal acetylenes is 1. The lowest BCUT2D eigenvalue weighted by atomic mass is 10.0. The van der Waals surface area contributed by atoms with Crippen molar-refractivity contribution in [3.63, 3.8) is 0 Å². The minimum Gasteiger partial charge on any atom is -0.374 e. The molecule has 0 spiro atoms. The zero-order chi connectivity index (χ0) is 16.0. The molecule has 0 amide bonds. The van der Waals surface area contributed by atoms with Crippen LogP contribution in [-0.2, 0) is 9.47 Å². The van der Waals surface area contributed by atoms with E-state index in [0.29, 0.717) is 19.4 Å². The summed E-state index contributed by atoms with van der Waals surface area (Å²) in [5.74, 6) is 2.50. The van der Waals surface area contributed by atoms with Crippen LogP contribution in [0.25, 0.3) is 0 Å². The van der Waals surface area contributed by atoms with Crippen molar-refractivity contribution >= 4 is 9.24 Å². The van der Waals surface area contributed by atoms with Gasteiger partial charge in [0.05, 0.1) is 24.4 Å². The number of alkyl halides is 1. The largest absolute Gasteiger partial charge is 0.374 e. The van der Waals surface area contributed by atoms with Crippen molar-refractivity contribution in [2.45, 2.75) is 71.0 Å². The van der Waals surface area contributed by atoms with Crippen molar-refractivity contribution in [1.29, 1.82) is 0 Å². The van der Waals surface area contributed by atoms with Crippen LogP contribution in [0.3, 0.4) is 0 Å². The van der Waals surface area contributed by atoms with E-state index in [1.807, 2.05) is 41.5 Å². The van der Waals surface area contributed by atoms with E-state index in [-0.39, 0.29) is 18.1 Å². The topological polar surface area (TPSA) is 18.5 Å². The van der Waals surface area contributed by atoms with Crippen molar-refractivity contribution < 1.29 is 13.9 Å². The monoisotopic (exact) mass is 304 g/mol. The zero-order valence-corrected chi connectivity index (χ0v) is 14.9. The average Bonchev–Trinajstić information content (AvgIpc) is 2.25. The van der Waals surface area contributed by atoms with Crippen LogP contribution in [0.5, 0.6) is 0 Å². The van der Waals surface area contributed by atoms with Gasteiger partial charge in [-0.15, -0.1) is 12.3 Å². The molecular formula is C16H30FO2P. The first-order valence-electron chi connectivity index (χ1n) is 7.11. The maximum Gasteiger partial charge on any atom is 0.149 e. The van der Waals surface area contributed by atoms with E-state index < -0.39 is 11.0 Å². The molecule has 2 nitrogen and oxygen atoms in total. The van der Waals surface area contributed by atoms with Crippen LogP contribution in [0.4, 0.5) is 4.39 Å². The highest BCUT2D eigenvalue weighted by atomic mass is 31.0. The van der Waals surface area contributed by atoms with Crippen molar-refractivity contribution in [1.82, 2.24) is 0 Å². The molecule has 118 valence electrons. The second-order valence-electron chi connectivity index (χ2n) is 6.87. The lowest BCUT2D eigenvalue weighted by Gasteiger charge is -2.32. The molecule has 0 aromatic heterocycles. The average molecular weight is 304 g/mol. The van der Waals surface area contributed by atoms with Crippen LogP contribution in [0.2, 0.25) is 0 Å². The summed E-state index contributed by atoms with van der Waals surface area (Å²) in [6.45, 7) is 12.1. The first kappa shape index (κ1) is 19.8. The summed E-state index contributed by atoms with van der Waals surface area (Å²) in [6.07, 6.45) is 6.56. The van der Waals surface area contributed by atoms with E-state index in [0.717, 1.165) is 0 Å². The van der Waals surface area contributed by atoms with Crippen LogP contribution in [-0.4, -0.2) is 29.8 Å². The number of halogens is 1. The third kappa shape index (κ3) is 8.20. The Morgan fingerprint density at radius 1 is 1.15 bits per heavy atom. The van der Waals surface area contributed by atoms with Gasteiger partial charge in [-0.25, -0.2) is 4.39 Å². The van der Waals surface area contributed by atoms with Gasteiger partial charge in [-0.05, 0) is 40.0 Å². The highest BCUT2D eigenvalue weighted by Gasteiger charge is 2.31. The summed E-state index contributed by atoms with van der Waals surface area (Å²) in [4.78, 5) is 0. The predicted octanol–water partition coefficient (Wildman–Crippen LogP) is 4.19. The van der Waals surface area contributed by atoms with Crippen LogP contribution in [0, 0.1) is 18.3 Å². The molecule has 0 aliphatic rings. The van der Waals surface area contributed by atoms with Gasteiger partial charge in [-0.1, -0.05) is 23.1 Å². The molecule has 2 atom stereocenters. The van der Waals surface area contributed by atoms with Gasteiger partial charge in [0, 0.05) is 6.42 Å². The van der Waals surface area contributed by atoms with E-state index in [1.165, 1.54) is 0 Å². The summed E-state index contributed by atoms with van der Waals surface area (Å²) in [5, 5.41) is -1.39. The summed E-state index contributed by atoms with van der Waals surface area (Å²) < 4.78 is 25.6. The Bertz CT molecular complexity index is 330. The fraction of sp³-hybridized carbons (Fsp3) is 0.875. The van der Waals surface area contributed by atoms with Crippen LogP contribution >= 0.6 is 9.24 Å². The van der Waals surface area contributed by atoms with Gasteiger partial charge >= 0.3 is 0 Å². The smallest absolute Gasteiger partial charge is 0.149 e. The molecule has 0 N–H and O–H groups in total. The van der Waals surface area contributed by atoms with E-state index in [4.69, 9.17) is 15.9 Å². The highest BCUT2D eigenvalue weighted by molar-refractivity contribution is 7.18. The molecule has 20 heavy (non-hydrogen) atoms. The molecule has 0 heterocycles. The van der Waals surface area contributed by atoms with Gasteiger partial charge in [0.15, 0.2) is 0 Å². The fourth-order valence-electron chi connectivity index (χ4n) is 1.41. The lowest BCUT2D eigenvalue weighted by Crippen LogP contribution is -2.36. The van der Waals surface area contributed by atoms with E-state index in [9.17, 15) is 4.39 Å². The molecule has 0 rings (SSSR count). The van der Waals surface area contributed by atoms with Gasteiger partial charge in [-0.2, -0.15) is 0 Å². The van der Waals surface area contributed by atoms with Crippen LogP contribution in [0.1, 0.15) is 54.4 Å². The standard InChI is InChI=1S/C16H30FO2P/c1-8-9-14(4,5)18-11-10-15(6,7)19-12-16(17,20)13(2)3/h1,13H,9-12,20H2,2-7H3. The molecule has 0 saturated carbocycles. The molecule has 0 aliphatic heterocycles. The Kier molecular flexibility index (Phi) is 7.67. The third-order valence-electron chi connectivity index (χ3n) is 3.37. The fourth-order valence-corrected chi connectivity index (χ4v) is 1.50. The summed E-state index contributed by atoms with van der Waals surface area (Å²) in [7, 11) is 2.25. The molecule has 2 unspecified atom stereocenters. The molecule has 0 aromatic rings. The first-order chi connectivity index (χ1) is 8.92. The molecular weight excluding hydrogens is 274 g/mol. The van der Waals surface area contributed by atoms with E-state index in [2.05, 4.69) is 15.2 Å². The second kappa shape index (κ2) is 7.74. The summed E-state index contributed by atoms with van der Waals surface area (Å²) >= 11 is 0. The minimum absolute atomic E-state index is 0.0656. The quantitative estimate of drug-likeness (QED) is 0.470. The van der Waals surface area contributed by atoms with Crippen LogP contribution in [0.15, 0.2) is 0 Å². The predicted molar refractivity (Wildman–Crippen MR) is 86.5 cm³/mol. The van der Waals surface area contributed by atoms with Gasteiger partial charge in [0.1, 0.15) is 5.41 Å². The number of ether oxygens (including phenoxy) is 2. The maximum atomic E-state index is 14.1. The van der Waals surface area contributed by atoms with Crippen molar-refractivity contribution in [2.24, 2.45) is 5.92 Å². The molecule has 0 radical (unpaired) electrons. The Balaban J connectivity index is 4.18. The summed E-state index contributed by atoms with van der Waals surface area (Å²) in [6, 6.07) is 0. The van der Waals surface area contributed by atoms with E-state index >= 15 is 0 Å². The first-order valence-corrected chi connectivity index (χ1v) is 7.69. The Morgan fingerprint density at radius 3 is 2.15 bits per heavy atom. The molecule has 0 aromatic carbocycles. The summed E-state index contributed by atoms with van der Waals surface area (Å²) in [5.41, 5.74) is -0.748. The SMILES string of the molecule is C#CCC(C)(C)OCCC(C)(C)OCC(F)(P)C(C)C. The van der Waals surface area contributed by atoms with Gasteiger partial charge in [0.25, 0.3) is 0 Å². The number of hydrogen-bond acceptors (Lipinski definition) is 2.